The summed E-state index contributed by atoms with van der Waals surface area (Å²) in [6, 6.07) is 10.4. The summed E-state index contributed by atoms with van der Waals surface area (Å²) in [5.41, 5.74) is 3.79. The van der Waals surface area contributed by atoms with Crippen molar-refractivity contribution in [2.24, 2.45) is 0 Å². The van der Waals surface area contributed by atoms with Crippen LogP contribution in [0.1, 0.15) is 28.8 Å². The molecule has 0 N–H and O–H groups in total. The van der Waals surface area contributed by atoms with Crippen molar-refractivity contribution in [3.63, 3.8) is 0 Å². The van der Waals surface area contributed by atoms with Gasteiger partial charge in [-0.25, -0.2) is 4.79 Å². The van der Waals surface area contributed by atoms with Crippen LogP contribution in [0.25, 0.3) is 0 Å². The van der Waals surface area contributed by atoms with Crippen LogP contribution in [0.5, 0.6) is 0 Å². The summed E-state index contributed by atoms with van der Waals surface area (Å²) in [6.07, 6.45) is 6.23. The predicted octanol–water partition coefficient (Wildman–Crippen LogP) is 3.38. The van der Waals surface area contributed by atoms with Crippen LogP contribution in [0.15, 0.2) is 58.6 Å². The molecule has 8 heteroatoms. The van der Waals surface area contributed by atoms with E-state index in [1.54, 1.807) is 29.1 Å². The van der Waals surface area contributed by atoms with Gasteiger partial charge in [0.25, 0.3) is 5.69 Å². The monoisotopic (exact) mass is 394 g/mol. The third-order valence-corrected chi connectivity index (χ3v) is 5.85. The van der Waals surface area contributed by atoms with Crippen molar-refractivity contribution in [1.82, 2.24) is 14.5 Å². The number of thioether (sulfide) groups is 1. The van der Waals surface area contributed by atoms with E-state index in [1.807, 2.05) is 18.2 Å². The van der Waals surface area contributed by atoms with Gasteiger partial charge >= 0.3 is 5.69 Å². The van der Waals surface area contributed by atoms with E-state index in [4.69, 9.17) is 0 Å². The van der Waals surface area contributed by atoms with Gasteiger partial charge in [0.05, 0.1) is 11.5 Å². The first-order valence-corrected chi connectivity index (χ1v) is 9.98. The molecule has 7 nitrogen and oxygen atoms in total. The van der Waals surface area contributed by atoms with Crippen LogP contribution < -0.4 is 5.69 Å². The molecule has 0 saturated carbocycles. The molecule has 0 fully saturated rings. The maximum Gasteiger partial charge on any atom is 0.349 e. The van der Waals surface area contributed by atoms with Crippen LogP contribution in [0, 0.1) is 10.1 Å². The van der Waals surface area contributed by atoms with Gasteiger partial charge in [-0.3, -0.25) is 19.7 Å². The van der Waals surface area contributed by atoms with Crippen molar-refractivity contribution in [3.8, 4) is 0 Å². The summed E-state index contributed by atoms with van der Waals surface area (Å²) in [6.45, 7) is 0.470. The lowest BCUT2D eigenvalue weighted by atomic mass is 10.2. The molecule has 4 rings (SSSR count). The predicted molar refractivity (Wildman–Crippen MR) is 107 cm³/mol. The molecular formula is C20H18N4O3S. The van der Waals surface area contributed by atoms with Crippen LogP contribution in [0.2, 0.25) is 0 Å². The molecule has 0 bridgehead atoms. The average Bonchev–Trinajstić information content (AvgIpc) is 3.20. The molecule has 28 heavy (non-hydrogen) atoms. The van der Waals surface area contributed by atoms with Crippen molar-refractivity contribution in [1.29, 1.82) is 0 Å². The number of hydrogen-bond acceptors (Lipinski definition) is 6. The van der Waals surface area contributed by atoms with Crippen molar-refractivity contribution in [3.05, 3.63) is 91.8 Å². The number of rotatable bonds is 6. The molecule has 0 radical (unpaired) electrons. The van der Waals surface area contributed by atoms with E-state index in [-0.39, 0.29) is 11.4 Å². The first-order chi connectivity index (χ1) is 13.6. The van der Waals surface area contributed by atoms with E-state index in [9.17, 15) is 14.9 Å². The lowest BCUT2D eigenvalue weighted by Gasteiger charge is -2.14. The van der Waals surface area contributed by atoms with Crippen molar-refractivity contribution in [2.75, 3.05) is 0 Å². The number of aromatic nitrogens is 3. The van der Waals surface area contributed by atoms with Crippen LogP contribution >= 0.6 is 11.8 Å². The van der Waals surface area contributed by atoms with E-state index in [1.165, 1.54) is 17.8 Å². The first kappa shape index (κ1) is 18.4. The van der Waals surface area contributed by atoms with Crippen molar-refractivity contribution in [2.45, 2.75) is 36.6 Å². The van der Waals surface area contributed by atoms with Gasteiger partial charge in [0.1, 0.15) is 5.03 Å². The van der Waals surface area contributed by atoms with Gasteiger partial charge in [0.15, 0.2) is 0 Å². The minimum Gasteiger partial charge on any atom is -0.291 e. The van der Waals surface area contributed by atoms with Gasteiger partial charge in [-0.15, -0.1) is 11.8 Å². The number of non-ortho nitro benzene ring substituents is 1. The van der Waals surface area contributed by atoms with Gasteiger partial charge < -0.3 is 0 Å². The average molecular weight is 394 g/mol. The Hall–Kier alpha value is -3.00. The number of pyridine rings is 1. The molecule has 1 aliphatic rings. The summed E-state index contributed by atoms with van der Waals surface area (Å²) < 4.78 is 1.75. The highest BCUT2D eigenvalue weighted by molar-refractivity contribution is 7.98. The van der Waals surface area contributed by atoms with E-state index in [0.717, 1.165) is 46.7 Å². The van der Waals surface area contributed by atoms with E-state index in [2.05, 4.69) is 9.97 Å². The quantitative estimate of drug-likeness (QED) is 0.275. The molecule has 3 aromatic rings. The zero-order valence-electron chi connectivity index (χ0n) is 15.1. The molecule has 0 unspecified atom stereocenters. The topological polar surface area (TPSA) is 90.9 Å². The van der Waals surface area contributed by atoms with Gasteiger partial charge in [-0.1, -0.05) is 18.2 Å². The van der Waals surface area contributed by atoms with E-state index in [0.29, 0.717) is 12.3 Å². The minimum absolute atomic E-state index is 0.0724. The Morgan fingerprint density at radius 1 is 1.18 bits per heavy atom. The fourth-order valence-corrected chi connectivity index (χ4v) is 4.47. The second-order valence-electron chi connectivity index (χ2n) is 6.64. The Kier molecular flexibility index (Phi) is 5.21. The Morgan fingerprint density at radius 2 is 2.04 bits per heavy atom. The number of benzene rings is 1. The standard InChI is InChI=1S/C20H18N4O3S/c25-20-22-19(28-13-14-4-1-6-16(10-14)24(26)27)17-7-2-8-18(17)23(20)12-15-5-3-9-21-11-15/h1,3-6,9-11H,2,7-8,12-13H2. The van der Waals surface area contributed by atoms with Gasteiger partial charge in [0, 0.05) is 41.5 Å². The zero-order valence-corrected chi connectivity index (χ0v) is 15.9. The summed E-state index contributed by atoms with van der Waals surface area (Å²) in [5.74, 6) is 0.535. The Balaban J connectivity index is 1.60. The fourth-order valence-electron chi connectivity index (χ4n) is 3.45. The van der Waals surface area contributed by atoms with Crippen LogP contribution in [-0.4, -0.2) is 19.5 Å². The molecular weight excluding hydrogens is 376 g/mol. The number of hydrogen-bond donors (Lipinski definition) is 0. The summed E-state index contributed by atoms with van der Waals surface area (Å²) in [5, 5.41) is 11.7. The number of nitrogens with zero attached hydrogens (tertiary/aromatic N) is 4. The zero-order chi connectivity index (χ0) is 19.5. The summed E-state index contributed by atoms with van der Waals surface area (Å²) >= 11 is 1.47. The highest BCUT2D eigenvalue weighted by Crippen LogP contribution is 2.31. The van der Waals surface area contributed by atoms with Crippen LogP contribution in [0.3, 0.4) is 0 Å². The fraction of sp³-hybridized carbons (Fsp3) is 0.250. The molecule has 142 valence electrons. The summed E-state index contributed by atoms with van der Waals surface area (Å²) in [7, 11) is 0. The molecule has 1 aliphatic carbocycles. The highest BCUT2D eigenvalue weighted by atomic mass is 32.2. The number of nitro groups is 1. The lowest BCUT2D eigenvalue weighted by Crippen LogP contribution is -2.27. The Morgan fingerprint density at radius 3 is 2.82 bits per heavy atom. The van der Waals surface area contributed by atoms with E-state index < -0.39 is 4.92 Å². The van der Waals surface area contributed by atoms with Crippen molar-refractivity contribution < 1.29 is 4.92 Å². The molecule has 1 aromatic carbocycles. The Bertz CT molecular complexity index is 1080. The third kappa shape index (κ3) is 3.82. The Labute approximate surface area is 165 Å². The molecule has 0 atom stereocenters. The van der Waals surface area contributed by atoms with Gasteiger partial charge in [-0.05, 0) is 36.5 Å². The van der Waals surface area contributed by atoms with Gasteiger partial charge in [-0.2, -0.15) is 4.98 Å². The molecule has 0 spiro atoms. The second-order valence-corrected chi connectivity index (χ2v) is 7.61. The molecule has 2 aromatic heterocycles. The molecule has 0 saturated heterocycles. The SMILES string of the molecule is O=c1nc(SCc2cccc([N+](=O)[O-])c2)c2c(n1Cc1cccnc1)CCC2. The number of fused-ring (bicyclic) bond motifs is 1. The summed E-state index contributed by atoms with van der Waals surface area (Å²) in [4.78, 5) is 31.7. The highest BCUT2D eigenvalue weighted by Gasteiger charge is 2.22. The van der Waals surface area contributed by atoms with Crippen LogP contribution in [-0.2, 0) is 25.1 Å². The maximum absolute atomic E-state index is 12.7. The minimum atomic E-state index is -0.399. The third-order valence-electron chi connectivity index (χ3n) is 4.76. The number of nitro benzene ring substituents is 1. The molecule has 2 heterocycles. The van der Waals surface area contributed by atoms with Crippen molar-refractivity contribution >= 4 is 17.4 Å². The van der Waals surface area contributed by atoms with E-state index >= 15 is 0 Å². The first-order valence-electron chi connectivity index (χ1n) is 8.99. The van der Waals surface area contributed by atoms with Crippen LogP contribution in [0.4, 0.5) is 5.69 Å². The molecule has 0 aliphatic heterocycles. The smallest absolute Gasteiger partial charge is 0.291 e. The lowest BCUT2D eigenvalue weighted by molar-refractivity contribution is -0.384. The van der Waals surface area contributed by atoms with Gasteiger partial charge in [0.2, 0.25) is 0 Å². The normalized spacial score (nSPS) is 12.7. The maximum atomic E-state index is 12.7. The molecule has 0 amide bonds. The second kappa shape index (κ2) is 7.93. The largest absolute Gasteiger partial charge is 0.349 e.